The molecule has 0 saturated carbocycles. The fourth-order valence-corrected chi connectivity index (χ4v) is 1.83. The molecule has 2 aromatic carbocycles. The lowest BCUT2D eigenvalue weighted by atomic mass is 10.1. The van der Waals surface area contributed by atoms with E-state index in [4.69, 9.17) is 5.73 Å². The third-order valence-corrected chi connectivity index (χ3v) is 2.83. The summed E-state index contributed by atoms with van der Waals surface area (Å²) in [5.74, 6) is -0.874. The van der Waals surface area contributed by atoms with Gasteiger partial charge in [0.1, 0.15) is 6.04 Å². The molecule has 0 spiro atoms. The number of carbonyl (C=O) groups is 1. The maximum atomic E-state index is 11.3. The fraction of sp³-hybridized carbons (Fsp3) is 0.133. The average molecular weight is 256 g/mol. The summed E-state index contributed by atoms with van der Waals surface area (Å²) >= 11 is 0. The van der Waals surface area contributed by atoms with Crippen LogP contribution in [0.2, 0.25) is 0 Å². The van der Waals surface area contributed by atoms with Gasteiger partial charge in [0.25, 0.3) is 0 Å². The van der Waals surface area contributed by atoms with Gasteiger partial charge in [0.15, 0.2) is 0 Å². The Morgan fingerprint density at radius 2 is 1.74 bits per heavy atom. The molecule has 0 saturated heterocycles. The second kappa shape index (κ2) is 5.91. The Kier molecular flexibility index (Phi) is 4.03. The molecular weight excluding hydrogens is 240 g/mol. The number of nitrogens with one attached hydrogen (secondary N) is 1. The van der Waals surface area contributed by atoms with Crippen molar-refractivity contribution in [1.29, 1.82) is 0 Å². The Labute approximate surface area is 111 Å². The van der Waals surface area contributed by atoms with E-state index in [0.717, 1.165) is 11.3 Å². The minimum Gasteiger partial charge on any atom is -0.480 e. The molecule has 0 aromatic heterocycles. The standard InChI is InChI=1S/C15H16N2O2/c16-12-6-8-13(9-7-12)17-14(15(18)19)10-11-4-2-1-3-5-11/h1-9,14,17H,10,16H2,(H,18,19)/t14-/m0/s1. The SMILES string of the molecule is Nc1ccc(N[C@@H](Cc2ccccc2)C(=O)O)cc1. The smallest absolute Gasteiger partial charge is 0.326 e. The zero-order chi connectivity index (χ0) is 13.7. The Morgan fingerprint density at radius 1 is 1.11 bits per heavy atom. The largest absolute Gasteiger partial charge is 0.480 e. The topological polar surface area (TPSA) is 75.3 Å². The van der Waals surface area contributed by atoms with Gasteiger partial charge in [0.2, 0.25) is 0 Å². The summed E-state index contributed by atoms with van der Waals surface area (Å²) in [6.07, 6.45) is 0.431. The van der Waals surface area contributed by atoms with Gasteiger partial charge in [-0.1, -0.05) is 30.3 Å². The van der Waals surface area contributed by atoms with Gasteiger partial charge in [-0.25, -0.2) is 4.79 Å². The zero-order valence-corrected chi connectivity index (χ0v) is 10.4. The highest BCUT2D eigenvalue weighted by Crippen LogP contribution is 2.14. The summed E-state index contributed by atoms with van der Waals surface area (Å²) in [6.45, 7) is 0. The molecule has 19 heavy (non-hydrogen) atoms. The minimum absolute atomic E-state index is 0.431. The number of benzene rings is 2. The van der Waals surface area contributed by atoms with Crippen molar-refractivity contribution in [1.82, 2.24) is 0 Å². The first-order chi connectivity index (χ1) is 9.15. The molecule has 0 bridgehead atoms. The van der Waals surface area contributed by atoms with Gasteiger partial charge in [0.05, 0.1) is 0 Å². The Balaban J connectivity index is 2.08. The van der Waals surface area contributed by atoms with Crippen molar-refractivity contribution in [3.8, 4) is 0 Å². The molecule has 1 atom stereocenters. The lowest BCUT2D eigenvalue weighted by Gasteiger charge is -2.16. The van der Waals surface area contributed by atoms with Crippen LogP contribution in [0.5, 0.6) is 0 Å². The highest BCUT2D eigenvalue weighted by atomic mass is 16.4. The maximum Gasteiger partial charge on any atom is 0.326 e. The van der Waals surface area contributed by atoms with Crippen molar-refractivity contribution in [2.24, 2.45) is 0 Å². The molecule has 0 radical (unpaired) electrons. The second-order valence-electron chi connectivity index (χ2n) is 4.35. The molecule has 0 heterocycles. The van der Waals surface area contributed by atoms with Gasteiger partial charge in [-0.05, 0) is 29.8 Å². The average Bonchev–Trinajstić information content (AvgIpc) is 2.41. The van der Waals surface area contributed by atoms with E-state index in [1.807, 2.05) is 30.3 Å². The third kappa shape index (κ3) is 3.74. The van der Waals surface area contributed by atoms with Gasteiger partial charge in [-0.2, -0.15) is 0 Å². The lowest BCUT2D eigenvalue weighted by molar-refractivity contribution is -0.137. The van der Waals surface area contributed by atoms with Crippen LogP contribution in [0.1, 0.15) is 5.56 Å². The summed E-state index contributed by atoms with van der Waals surface area (Å²) in [5.41, 5.74) is 7.98. The van der Waals surface area contributed by atoms with Crippen molar-refractivity contribution in [2.75, 3.05) is 11.1 Å². The first-order valence-corrected chi connectivity index (χ1v) is 6.04. The molecule has 4 heteroatoms. The van der Waals surface area contributed by atoms with Crippen LogP contribution < -0.4 is 11.1 Å². The molecule has 98 valence electrons. The van der Waals surface area contributed by atoms with Crippen LogP contribution in [0.3, 0.4) is 0 Å². The number of nitrogen functional groups attached to an aromatic ring is 1. The monoisotopic (exact) mass is 256 g/mol. The first-order valence-electron chi connectivity index (χ1n) is 6.04. The van der Waals surface area contributed by atoms with Crippen LogP contribution in [0, 0.1) is 0 Å². The highest BCUT2D eigenvalue weighted by Gasteiger charge is 2.17. The molecule has 4 nitrogen and oxygen atoms in total. The number of aliphatic carboxylic acids is 1. The fourth-order valence-electron chi connectivity index (χ4n) is 1.83. The van der Waals surface area contributed by atoms with Gasteiger partial charge >= 0.3 is 5.97 Å². The van der Waals surface area contributed by atoms with Gasteiger partial charge in [-0.3, -0.25) is 0 Å². The van der Waals surface area contributed by atoms with Crippen molar-refractivity contribution in [2.45, 2.75) is 12.5 Å². The number of hydrogen-bond acceptors (Lipinski definition) is 3. The van der Waals surface area contributed by atoms with Gasteiger partial charge in [-0.15, -0.1) is 0 Å². The Morgan fingerprint density at radius 3 is 2.32 bits per heavy atom. The molecule has 0 unspecified atom stereocenters. The summed E-state index contributed by atoms with van der Waals surface area (Å²) < 4.78 is 0. The van der Waals surface area contributed by atoms with Gasteiger partial charge in [0, 0.05) is 17.8 Å². The lowest BCUT2D eigenvalue weighted by Crippen LogP contribution is -2.31. The normalized spacial score (nSPS) is 11.8. The van der Waals surface area contributed by atoms with E-state index in [9.17, 15) is 9.90 Å². The number of nitrogens with two attached hydrogens (primary N) is 1. The molecule has 4 N–H and O–H groups in total. The van der Waals surface area contributed by atoms with Gasteiger partial charge < -0.3 is 16.2 Å². The minimum atomic E-state index is -0.874. The van der Waals surface area contributed by atoms with Crippen molar-refractivity contribution >= 4 is 17.3 Å². The van der Waals surface area contributed by atoms with Crippen molar-refractivity contribution < 1.29 is 9.90 Å². The summed E-state index contributed by atoms with van der Waals surface area (Å²) in [5, 5.41) is 12.3. The summed E-state index contributed by atoms with van der Waals surface area (Å²) in [6, 6.07) is 15.9. The van der Waals surface area contributed by atoms with E-state index in [-0.39, 0.29) is 0 Å². The Hall–Kier alpha value is -2.49. The highest BCUT2D eigenvalue weighted by molar-refractivity contribution is 5.77. The predicted molar refractivity (Wildman–Crippen MR) is 76.0 cm³/mol. The van der Waals surface area contributed by atoms with E-state index in [2.05, 4.69) is 5.32 Å². The number of carboxylic acid groups (broad SMARTS) is 1. The molecular formula is C15H16N2O2. The molecule has 0 aliphatic heterocycles. The second-order valence-corrected chi connectivity index (χ2v) is 4.35. The van der Waals surface area contributed by atoms with E-state index in [0.29, 0.717) is 12.1 Å². The Bertz CT molecular complexity index is 538. The molecule has 0 amide bonds. The number of hydrogen-bond donors (Lipinski definition) is 3. The van der Waals surface area contributed by atoms with E-state index < -0.39 is 12.0 Å². The van der Waals surface area contributed by atoms with E-state index in [1.54, 1.807) is 24.3 Å². The first kappa shape index (κ1) is 13.0. The van der Waals surface area contributed by atoms with E-state index in [1.165, 1.54) is 0 Å². The molecule has 2 rings (SSSR count). The number of rotatable bonds is 5. The van der Waals surface area contributed by atoms with E-state index >= 15 is 0 Å². The van der Waals surface area contributed by atoms with Crippen LogP contribution in [0.4, 0.5) is 11.4 Å². The molecule has 0 aliphatic rings. The zero-order valence-electron chi connectivity index (χ0n) is 10.4. The quantitative estimate of drug-likeness (QED) is 0.718. The molecule has 2 aromatic rings. The van der Waals surface area contributed by atoms with Crippen LogP contribution in [0.25, 0.3) is 0 Å². The maximum absolute atomic E-state index is 11.3. The summed E-state index contributed by atoms with van der Waals surface area (Å²) in [4.78, 5) is 11.3. The molecule has 0 aliphatic carbocycles. The van der Waals surface area contributed by atoms with Crippen LogP contribution in [-0.4, -0.2) is 17.1 Å². The van der Waals surface area contributed by atoms with Crippen molar-refractivity contribution in [3.63, 3.8) is 0 Å². The number of carboxylic acids is 1. The molecule has 0 fully saturated rings. The van der Waals surface area contributed by atoms with Crippen LogP contribution in [0.15, 0.2) is 54.6 Å². The van der Waals surface area contributed by atoms with Crippen molar-refractivity contribution in [3.05, 3.63) is 60.2 Å². The van der Waals surface area contributed by atoms with Crippen LogP contribution in [-0.2, 0) is 11.2 Å². The predicted octanol–water partition coefficient (Wildman–Crippen LogP) is 2.38. The number of anilines is 2. The third-order valence-electron chi connectivity index (χ3n) is 2.83. The van der Waals surface area contributed by atoms with Crippen LogP contribution >= 0.6 is 0 Å². The summed E-state index contributed by atoms with van der Waals surface area (Å²) in [7, 11) is 0.